The van der Waals surface area contributed by atoms with Crippen molar-refractivity contribution >= 4 is 45.7 Å². The zero-order valence-electron chi connectivity index (χ0n) is 20.7. The quantitative estimate of drug-likeness (QED) is 0.180. The number of aryl methyl sites for hydroxylation is 2. The molecule has 3 heterocycles. The third-order valence-corrected chi connectivity index (χ3v) is 7.61. The first-order valence-corrected chi connectivity index (χ1v) is 13.6. The highest BCUT2D eigenvalue weighted by molar-refractivity contribution is 14.1. The number of nitriles is 1. The number of hydrazone groups is 1. The lowest BCUT2D eigenvalue weighted by molar-refractivity contribution is 0.139. The molecule has 188 valence electrons. The fraction of sp³-hybridized carbons (Fsp3) is 0.423. The van der Waals surface area contributed by atoms with Crippen molar-refractivity contribution in [1.29, 1.82) is 5.26 Å². The number of halogens is 1. The van der Waals surface area contributed by atoms with Crippen LogP contribution in [0, 0.1) is 11.3 Å². The maximum atomic E-state index is 12.3. The number of fused-ring (bicyclic) bond motifs is 1. The predicted molar refractivity (Wildman–Crippen MR) is 150 cm³/mol. The minimum Gasteiger partial charge on any atom is -0.350 e. The number of urea groups is 1. The Morgan fingerprint density at radius 3 is 2.83 bits per heavy atom. The Bertz CT molecular complexity index is 1310. The summed E-state index contributed by atoms with van der Waals surface area (Å²) in [6, 6.07) is 8.06. The normalized spacial score (nSPS) is 16.4. The molecule has 1 aliphatic heterocycles. The lowest BCUT2D eigenvalue weighted by Crippen LogP contribution is -2.46. The number of hydrogen-bond acceptors (Lipinski definition) is 6. The number of alkyl halides is 1. The molecule has 0 saturated carbocycles. The number of primary amides is 1. The average Bonchev–Trinajstić information content (AvgIpc) is 3.31. The van der Waals surface area contributed by atoms with Crippen molar-refractivity contribution in [2.24, 2.45) is 17.9 Å². The molecule has 1 atom stereocenters. The van der Waals surface area contributed by atoms with Crippen LogP contribution in [0.15, 0.2) is 35.8 Å². The standard InChI is InChI=1S/C26H31IN8O/c1-33-9-4-3-7-21(33)16-35(26(29)36)31-14-20-12-24(25-15-30-17-34(25)2)32-23-11-19(13-27)18(6-5-8-28)10-22(20)23/h10-12,14-15,17,21H,3-7,9,13,16H2,1-2H3,(H2,29,36)/b31-14+. The highest BCUT2D eigenvalue weighted by Crippen LogP contribution is 2.28. The lowest BCUT2D eigenvalue weighted by atomic mass is 9.98. The van der Waals surface area contributed by atoms with Gasteiger partial charge in [0.25, 0.3) is 0 Å². The summed E-state index contributed by atoms with van der Waals surface area (Å²) >= 11 is 2.34. The average molecular weight is 598 g/mol. The fourth-order valence-electron chi connectivity index (χ4n) is 4.68. The van der Waals surface area contributed by atoms with Crippen LogP contribution in [0.2, 0.25) is 0 Å². The lowest BCUT2D eigenvalue weighted by Gasteiger charge is -2.34. The Hall–Kier alpha value is -3.04. The molecule has 36 heavy (non-hydrogen) atoms. The number of carbonyl (C=O) groups is 1. The first kappa shape index (κ1) is 26.0. The summed E-state index contributed by atoms with van der Waals surface area (Å²) in [6.45, 7) is 1.46. The molecule has 1 fully saturated rings. The van der Waals surface area contributed by atoms with Gasteiger partial charge in [0.05, 0.1) is 48.3 Å². The van der Waals surface area contributed by atoms with Crippen LogP contribution in [-0.2, 0) is 17.9 Å². The Balaban J connectivity index is 1.78. The highest BCUT2D eigenvalue weighted by Gasteiger charge is 2.23. The molecule has 4 rings (SSSR count). The van der Waals surface area contributed by atoms with E-state index in [9.17, 15) is 4.79 Å². The van der Waals surface area contributed by atoms with Gasteiger partial charge in [-0.3, -0.25) is 0 Å². The summed E-state index contributed by atoms with van der Waals surface area (Å²) in [5.41, 5.74) is 11.3. The Kier molecular flexibility index (Phi) is 8.53. The molecule has 0 spiro atoms. The molecule has 2 aromatic heterocycles. The number of benzene rings is 1. The predicted octanol–water partition coefficient (Wildman–Crippen LogP) is 4.23. The second kappa shape index (κ2) is 11.8. The number of aromatic nitrogens is 3. The zero-order chi connectivity index (χ0) is 25.7. The van der Waals surface area contributed by atoms with Gasteiger partial charge in [0.1, 0.15) is 0 Å². The maximum Gasteiger partial charge on any atom is 0.335 e. The Morgan fingerprint density at radius 1 is 1.33 bits per heavy atom. The van der Waals surface area contributed by atoms with Crippen LogP contribution >= 0.6 is 22.6 Å². The van der Waals surface area contributed by atoms with E-state index in [1.165, 1.54) is 11.4 Å². The number of likely N-dealkylation sites (tertiary alicyclic amines) is 1. The van der Waals surface area contributed by atoms with Crippen LogP contribution in [-0.4, -0.2) is 62.9 Å². The number of amides is 2. The van der Waals surface area contributed by atoms with Crippen LogP contribution in [0.1, 0.15) is 42.4 Å². The minimum atomic E-state index is -0.572. The molecule has 2 amide bonds. The van der Waals surface area contributed by atoms with Crippen LogP contribution < -0.4 is 5.73 Å². The maximum absolute atomic E-state index is 12.3. The Labute approximate surface area is 225 Å². The summed E-state index contributed by atoms with van der Waals surface area (Å²) < 4.78 is 2.74. The molecule has 1 aromatic carbocycles. The first-order chi connectivity index (χ1) is 17.4. The van der Waals surface area contributed by atoms with E-state index >= 15 is 0 Å². The number of piperidine rings is 1. The number of imidazole rings is 1. The van der Waals surface area contributed by atoms with E-state index in [0.29, 0.717) is 19.4 Å². The van der Waals surface area contributed by atoms with Crippen molar-refractivity contribution in [2.45, 2.75) is 42.6 Å². The van der Waals surface area contributed by atoms with Crippen molar-refractivity contribution in [3.05, 3.63) is 47.4 Å². The Morgan fingerprint density at radius 2 is 2.17 bits per heavy atom. The monoisotopic (exact) mass is 598 g/mol. The van der Waals surface area contributed by atoms with E-state index in [-0.39, 0.29) is 6.04 Å². The van der Waals surface area contributed by atoms with Gasteiger partial charge in [0.2, 0.25) is 0 Å². The summed E-state index contributed by atoms with van der Waals surface area (Å²) in [4.78, 5) is 23.7. The summed E-state index contributed by atoms with van der Waals surface area (Å²) in [5, 5.41) is 16.0. The van der Waals surface area contributed by atoms with Gasteiger partial charge in [-0.2, -0.15) is 10.4 Å². The molecule has 1 saturated heterocycles. The van der Waals surface area contributed by atoms with E-state index in [1.807, 2.05) is 17.7 Å². The van der Waals surface area contributed by atoms with E-state index in [4.69, 9.17) is 16.0 Å². The fourth-order valence-corrected chi connectivity index (χ4v) is 5.39. The van der Waals surface area contributed by atoms with E-state index < -0.39 is 6.03 Å². The third-order valence-electron chi connectivity index (χ3n) is 6.79. The van der Waals surface area contributed by atoms with Crippen LogP contribution in [0.25, 0.3) is 22.3 Å². The first-order valence-electron chi connectivity index (χ1n) is 12.1. The minimum absolute atomic E-state index is 0.228. The molecule has 10 heteroatoms. The SMILES string of the molecule is CN1CCCCC1CN(/N=C/c1cc(-c2cncn2C)nc2cc(CI)c(CCC#N)cc12)C(N)=O. The molecule has 0 bridgehead atoms. The van der Waals surface area contributed by atoms with Crippen molar-refractivity contribution in [1.82, 2.24) is 24.4 Å². The highest BCUT2D eigenvalue weighted by atomic mass is 127. The summed E-state index contributed by atoms with van der Waals surface area (Å²) in [6.07, 6.45) is 9.67. The number of rotatable bonds is 8. The molecular formula is C26H31IN8O. The van der Waals surface area contributed by atoms with E-state index in [1.54, 1.807) is 18.7 Å². The van der Waals surface area contributed by atoms with Gasteiger partial charge in [0, 0.05) is 34.9 Å². The molecule has 2 N–H and O–H groups in total. The molecule has 3 aromatic rings. The number of likely N-dealkylation sites (N-methyl/N-ethyl adjacent to an activating group) is 1. The zero-order valence-corrected chi connectivity index (χ0v) is 22.8. The number of nitrogens with two attached hydrogens (primary N) is 1. The van der Waals surface area contributed by atoms with Gasteiger partial charge < -0.3 is 15.2 Å². The van der Waals surface area contributed by atoms with Gasteiger partial charge in [-0.15, -0.1) is 0 Å². The second-order valence-electron chi connectivity index (χ2n) is 9.21. The number of carbonyl (C=O) groups excluding carboxylic acids is 1. The van der Waals surface area contributed by atoms with Crippen molar-refractivity contribution in [2.75, 3.05) is 20.1 Å². The largest absolute Gasteiger partial charge is 0.350 e. The van der Waals surface area contributed by atoms with Gasteiger partial charge >= 0.3 is 6.03 Å². The molecule has 1 unspecified atom stereocenters. The number of hydrogen-bond donors (Lipinski definition) is 1. The topological polar surface area (TPSA) is 116 Å². The second-order valence-corrected chi connectivity index (χ2v) is 9.97. The van der Waals surface area contributed by atoms with Crippen LogP contribution in [0.4, 0.5) is 4.79 Å². The van der Waals surface area contributed by atoms with Crippen LogP contribution in [0.3, 0.4) is 0 Å². The molecular weight excluding hydrogens is 567 g/mol. The number of nitrogens with zero attached hydrogens (tertiary/aromatic N) is 7. The summed E-state index contributed by atoms with van der Waals surface area (Å²) in [7, 11) is 4.01. The van der Waals surface area contributed by atoms with Gasteiger partial charge in [-0.25, -0.2) is 19.8 Å². The molecule has 9 nitrogen and oxygen atoms in total. The molecule has 0 radical (unpaired) electrons. The van der Waals surface area contributed by atoms with Gasteiger partial charge in [0.15, 0.2) is 0 Å². The van der Waals surface area contributed by atoms with Crippen molar-refractivity contribution in [3.8, 4) is 17.5 Å². The van der Waals surface area contributed by atoms with Gasteiger partial charge in [-0.05, 0) is 62.2 Å². The molecule has 1 aliphatic rings. The molecule has 0 aliphatic carbocycles. The number of pyridine rings is 1. The van der Waals surface area contributed by atoms with Gasteiger partial charge in [-0.1, -0.05) is 29.0 Å². The van der Waals surface area contributed by atoms with E-state index in [2.05, 4.69) is 62.8 Å². The van der Waals surface area contributed by atoms with Crippen molar-refractivity contribution < 1.29 is 4.79 Å². The summed E-state index contributed by atoms with van der Waals surface area (Å²) in [5.74, 6) is 0. The van der Waals surface area contributed by atoms with Crippen molar-refractivity contribution in [3.63, 3.8) is 0 Å². The van der Waals surface area contributed by atoms with Crippen LogP contribution in [0.5, 0.6) is 0 Å². The van der Waals surface area contributed by atoms with E-state index in [0.717, 1.165) is 62.8 Å². The third kappa shape index (κ3) is 5.84. The smallest absolute Gasteiger partial charge is 0.335 e.